The number of nitrogens with one attached hydrogen (secondary N) is 1. The van der Waals surface area contributed by atoms with E-state index in [1.807, 2.05) is 0 Å². The second-order valence-electron chi connectivity index (χ2n) is 5.48. The van der Waals surface area contributed by atoms with Crippen LogP contribution in [-0.4, -0.2) is 28.3 Å². The van der Waals surface area contributed by atoms with Gasteiger partial charge in [0.1, 0.15) is 5.69 Å². The lowest BCUT2D eigenvalue weighted by atomic mass is 10.1. The van der Waals surface area contributed by atoms with Crippen LogP contribution in [0, 0.1) is 0 Å². The largest absolute Gasteiger partial charge is 0.450 e. The number of esters is 1. The number of hydrogen-bond donors (Lipinski definition) is 1. The number of aromatic nitrogens is 1. The summed E-state index contributed by atoms with van der Waals surface area (Å²) in [7, 11) is 1.45. The molecule has 1 aromatic heterocycles. The standard InChI is InChI=1S/C18H18N2O5/c1-11(25-18(24)15-5-4-6-16(22)20(15)3)17(23)13-7-9-14(10-8-13)19-12(2)21/h4-11H,1-3H3,(H,19,21). The summed E-state index contributed by atoms with van der Waals surface area (Å²) in [5.74, 6) is -1.35. The smallest absolute Gasteiger partial charge is 0.355 e. The van der Waals surface area contributed by atoms with Gasteiger partial charge in [-0.05, 0) is 37.3 Å². The Morgan fingerprint density at radius 2 is 1.72 bits per heavy atom. The first kappa shape index (κ1) is 18.1. The molecule has 0 radical (unpaired) electrons. The van der Waals surface area contributed by atoms with Crippen molar-refractivity contribution in [3.63, 3.8) is 0 Å². The lowest BCUT2D eigenvalue weighted by Gasteiger charge is -2.14. The predicted molar refractivity (Wildman–Crippen MR) is 91.6 cm³/mol. The lowest BCUT2D eigenvalue weighted by Crippen LogP contribution is -2.28. The van der Waals surface area contributed by atoms with Crippen molar-refractivity contribution in [2.75, 3.05) is 5.32 Å². The summed E-state index contributed by atoms with van der Waals surface area (Å²) in [6.45, 7) is 2.85. The second-order valence-corrected chi connectivity index (χ2v) is 5.48. The molecule has 0 fully saturated rings. The second kappa shape index (κ2) is 7.57. The zero-order chi connectivity index (χ0) is 18.6. The predicted octanol–water partition coefficient (Wildman–Crippen LogP) is 1.77. The highest BCUT2D eigenvalue weighted by Crippen LogP contribution is 2.13. The maximum Gasteiger partial charge on any atom is 0.355 e. The van der Waals surface area contributed by atoms with Crippen LogP contribution in [0.3, 0.4) is 0 Å². The van der Waals surface area contributed by atoms with E-state index in [2.05, 4.69) is 5.32 Å². The molecule has 130 valence electrons. The fourth-order valence-corrected chi connectivity index (χ4v) is 2.20. The Bertz CT molecular complexity index is 868. The SMILES string of the molecule is CC(=O)Nc1ccc(C(=O)C(C)OC(=O)c2cccc(=O)n2C)cc1. The fourth-order valence-electron chi connectivity index (χ4n) is 2.20. The number of carbonyl (C=O) groups is 3. The molecule has 1 heterocycles. The number of amides is 1. The first-order valence-electron chi connectivity index (χ1n) is 7.58. The fraction of sp³-hybridized carbons (Fsp3) is 0.222. The number of pyridine rings is 1. The number of Topliss-reactive ketones (excluding diaryl/α,β-unsaturated/α-hetero) is 1. The summed E-state index contributed by atoms with van der Waals surface area (Å²) < 4.78 is 6.32. The molecular weight excluding hydrogens is 324 g/mol. The minimum atomic E-state index is -1.02. The van der Waals surface area contributed by atoms with E-state index in [1.165, 1.54) is 51.2 Å². The maximum absolute atomic E-state index is 12.4. The van der Waals surface area contributed by atoms with Crippen LogP contribution in [0.4, 0.5) is 5.69 Å². The zero-order valence-corrected chi connectivity index (χ0v) is 14.1. The Hall–Kier alpha value is -3.22. The molecule has 7 nitrogen and oxygen atoms in total. The third-order valence-electron chi connectivity index (χ3n) is 3.54. The molecule has 1 amide bonds. The van der Waals surface area contributed by atoms with E-state index in [4.69, 9.17) is 4.74 Å². The van der Waals surface area contributed by atoms with E-state index < -0.39 is 12.1 Å². The molecule has 0 aliphatic heterocycles. The Kier molecular flexibility index (Phi) is 5.49. The van der Waals surface area contributed by atoms with Crippen molar-refractivity contribution in [3.8, 4) is 0 Å². The Labute approximate surface area is 144 Å². The average molecular weight is 342 g/mol. The van der Waals surface area contributed by atoms with Gasteiger partial charge in [0.15, 0.2) is 6.10 Å². The Morgan fingerprint density at radius 1 is 1.08 bits per heavy atom. The van der Waals surface area contributed by atoms with Gasteiger partial charge in [-0.2, -0.15) is 0 Å². The molecule has 1 atom stereocenters. The third-order valence-corrected chi connectivity index (χ3v) is 3.54. The summed E-state index contributed by atoms with van der Waals surface area (Å²) in [5.41, 5.74) is 0.625. The van der Waals surface area contributed by atoms with Gasteiger partial charge < -0.3 is 14.6 Å². The molecule has 0 aliphatic rings. The van der Waals surface area contributed by atoms with E-state index in [1.54, 1.807) is 12.1 Å². The highest BCUT2D eigenvalue weighted by Gasteiger charge is 2.21. The minimum Gasteiger partial charge on any atom is -0.450 e. The Morgan fingerprint density at radius 3 is 2.32 bits per heavy atom. The zero-order valence-electron chi connectivity index (χ0n) is 14.1. The number of nitrogens with zero attached hydrogens (tertiary/aromatic N) is 1. The van der Waals surface area contributed by atoms with Crippen LogP contribution in [-0.2, 0) is 16.6 Å². The molecule has 0 aliphatic carbocycles. The van der Waals surface area contributed by atoms with Gasteiger partial charge in [0.05, 0.1) is 0 Å². The van der Waals surface area contributed by atoms with Crippen molar-refractivity contribution in [1.29, 1.82) is 0 Å². The van der Waals surface area contributed by atoms with Gasteiger partial charge in [-0.3, -0.25) is 14.4 Å². The topological polar surface area (TPSA) is 94.5 Å². The molecule has 0 saturated carbocycles. The van der Waals surface area contributed by atoms with E-state index in [9.17, 15) is 19.2 Å². The number of hydrogen-bond acceptors (Lipinski definition) is 5. The van der Waals surface area contributed by atoms with Gasteiger partial charge in [0.25, 0.3) is 5.56 Å². The summed E-state index contributed by atoms with van der Waals surface area (Å²) >= 11 is 0. The van der Waals surface area contributed by atoms with Gasteiger partial charge in [0, 0.05) is 31.3 Å². The molecule has 1 aromatic carbocycles. The molecule has 0 spiro atoms. The molecule has 7 heteroatoms. The van der Waals surface area contributed by atoms with Crippen molar-refractivity contribution >= 4 is 23.3 Å². The monoisotopic (exact) mass is 342 g/mol. The van der Waals surface area contributed by atoms with Crippen LogP contribution in [0.2, 0.25) is 0 Å². The van der Waals surface area contributed by atoms with Crippen molar-refractivity contribution in [1.82, 2.24) is 4.57 Å². The molecule has 25 heavy (non-hydrogen) atoms. The number of carbonyl (C=O) groups excluding carboxylic acids is 3. The van der Waals surface area contributed by atoms with Gasteiger partial charge in [-0.15, -0.1) is 0 Å². The van der Waals surface area contributed by atoms with Crippen LogP contribution in [0.25, 0.3) is 0 Å². The van der Waals surface area contributed by atoms with Crippen LogP contribution in [0.1, 0.15) is 34.7 Å². The number of anilines is 1. The van der Waals surface area contributed by atoms with E-state index in [-0.39, 0.29) is 22.9 Å². The molecule has 1 N–H and O–H groups in total. The number of ketones is 1. The van der Waals surface area contributed by atoms with E-state index in [0.29, 0.717) is 11.3 Å². The van der Waals surface area contributed by atoms with Crippen LogP contribution in [0.15, 0.2) is 47.3 Å². The Balaban J connectivity index is 2.09. The summed E-state index contributed by atoms with van der Waals surface area (Å²) in [4.78, 5) is 47.1. The summed E-state index contributed by atoms with van der Waals surface area (Å²) in [6.07, 6.45) is -1.02. The first-order valence-corrected chi connectivity index (χ1v) is 7.58. The summed E-state index contributed by atoms with van der Waals surface area (Å²) in [6, 6.07) is 10.5. The van der Waals surface area contributed by atoms with Gasteiger partial charge in [-0.25, -0.2) is 4.79 Å². The molecule has 0 bridgehead atoms. The third kappa shape index (κ3) is 4.41. The molecular formula is C18H18N2O5. The molecule has 0 saturated heterocycles. The maximum atomic E-state index is 12.4. The highest BCUT2D eigenvalue weighted by atomic mass is 16.5. The number of rotatable bonds is 5. The van der Waals surface area contributed by atoms with E-state index in [0.717, 1.165) is 4.57 Å². The molecule has 1 unspecified atom stereocenters. The van der Waals surface area contributed by atoms with Crippen molar-refractivity contribution < 1.29 is 19.1 Å². The number of ether oxygens (including phenoxy) is 1. The van der Waals surface area contributed by atoms with Crippen LogP contribution in [0.5, 0.6) is 0 Å². The average Bonchev–Trinajstić information content (AvgIpc) is 2.56. The van der Waals surface area contributed by atoms with Crippen molar-refractivity contribution in [2.45, 2.75) is 20.0 Å². The lowest BCUT2D eigenvalue weighted by molar-refractivity contribution is -0.114. The van der Waals surface area contributed by atoms with Gasteiger partial charge >= 0.3 is 5.97 Å². The first-order chi connectivity index (χ1) is 11.8. The minimum absolute atomic E-state index is 0.0631. The number of benzene rings is 1. The van der Waals surface area contributed by atoms with Crippen LogP contribution < -0.4 is 10.9 Å². The molecule has 2 aromatic rings. The van der Waals surface area contributed by atoms with Gasteiger partial charge in [0.2, 0.25) is 11.7 Å². The highest BCUT2D eigenvalue weighted by molar-refractivity contribution is 6.01. The van der Waals surface area contributed by atoms with Crippen LogP contribution >= 0.6 is 0 Å². The van der Waals surface area contributed by atoms with Gasteiger partial charge in [-0.1, -0.05) is 6.07 Å². The normalized spacial score (nSPS) is 11.5. The van der Waals surface area contributed by atoms with Crippen molar-refractivity contribution in [3.05, 3.63) is 64.1 Å². The summed E-state index contributed by atoms with van der Waals surface area (Å²) in [5, 5.41) is 2.60. The van der Waals surface area contributed by atoms with Crippen molar-refractivity contribution in [2.24, 2.45) is 7.05 Å². The quantitative estimate of drug-likeness (QED) is 0.660. The molecule has 2 rings (SSSR count). The van der Waals surface area contributed by atoms with E-state index >= 15 is 0 Å².